The Hall–Kier alpha value is -0.650. The summed E-state index contributed by atoms with van der Waals surface area (Å²) in [5.74, 6) is -0.333. The monoisotopic (exact) mass is 303 g/mol. The van der Waals surface area contributed by atoms with E-state index in [-0.39, 0.29) is 18.5 Å². The van der Waals surface area contributed by atoms with Crippen molar-refractivity contribution in [2.75, 3.05) is 18.5 Å². The summed E-state index contributed by atoms with van der Waals surface area (Å²) in [5.41, 5.74) is 1.08. The van der Waals surface area contributed by atoms with Crippen LogP contribution in [-0.4, -0.2) is 24.4 Å². The van der Waals surface area contributed by atoms with Gasteiger partial charge in [0, 0.05) is 13.2 Å². The van der Waals surface area contributed by atoms with Crippen LogP contribution in [0, 0.1) is 5.82 Å². The molecule has 0 saturated carbocycles. The first-order valence-corrected chi connectivity index (χ1v) is 6.44. The topological polar surface area (TPSA) is 41.5 Å². The Bertz CT molecular complexity index is 394. The Morgan fingerprint density at radius 3 is 3.00 bits per heavy atom. The van der Waals surface area contributed by atoms with Crippen LogP contribution in [0.15, 0.2) is 16.6 Å². The lowest BCUT2D eigenvalue weighted by molar-refractivity contribution is 0.120. The zero-order valence-electron chi connectivity index (χ0n) is 9.38. The van der Waals surface area contributed by atoms with Crippen molar-refractivity contribution in [1.82, 2.24) is 0 Å². The van der Waals surface area contributed by atoms with E-state index >= 15 is 0 Å². The molecule has 0 spiro atoms. The molecule has 1 saturated heterocycles. The molecule has 0 aromatic heterocycles. The number of aliphatic hydroxyl groups excluding tert-OH is 1. The lowest BCUT2D eigenvalue weighted by Gasteiger charge is -2.14. The van der Waals surface area contributed by atoms with Crippen molar-refractivity contribution in [3.63, 3.8) is 0 Å². The van der Waals surface area contributed by atoms with Crippen molar-refractivity contribution in [3.8, 4) is 0 Å². The summed E-state index contributed by atoms with van der Waals surface area (Å²) in [6.45, 7) is 1.28. The van der Waals surface area contributed by atoms with E-state index in [9.17, 15) is 4.39 Å². The molecule has 0 unspecified atom stereocenters. The largest absolute Gasteiger partial charge is 0.392 e. The van der Waals surface area contributed by atoms with Gasteiger partial charge in [-0.15, -0.1) is 0 Å². The highest BCUT2D eigenvalue weighted by Crippen LogP contribution is 2.26. The first kappa shape index (κ1) is 12.8. The highest BCUT2D eigenvalue weighted by Gasteiger charge is 2.16. The molecule has 0 radical (unpaired) electrons. The number of benzene rings is 1. The van der Waals surface area contributed by atoms with Gasteiger partial charge in [0.15, 0.2) is 5.82 Å². The fraction of sp³-hybridized carbons (Fsp3) is 0.500. The first-order chi connectivity index (χ1) is 8.20. The molecule has 1 atom stereocenters. The van der Waals surface area contributed by atoms with E-state index in [2.05, 4.69) is 21.2 Å². The number of hydrogen-bond acceptors (Lipinski definition) is 3. The minimum Gasteiger partial charge on any atom is -0.392 e. The van der Waals surface area contributed by atoms with Gasteiger partial charge in [0.2, 0.25) is 0 Å². The number of anilines is 1. The molecule has 5 heteroatoms. The van der Waals surface area contributed by atoms with Crippen molar-refractivity contribution in [1.29, 1.82) is 0 Å². The predicted octanol–water partition coefficient (Wildman–Crippen LogP) is 2.67. The van der Waals surface area contributed by atoms with Crippen LogP contribution >= 0.6 is 15.9 Å². The van der Waals surface area contributed by atoms with Crippen molar-refractivity contribution in [2.24, 2.45) is 0 Å². The normalized spacial score (nSPS) is 19.6. The van der Waals surface area contributed by atoms with Gasteiger partial charge in [0.05, 0.1) is 22.9 Å². The summed E-state index contributed by atoms with van der Waals surface area (Å²) < 4.78 is 19.6. The second kappa shape index (κ2) is 5.80. The van der Waals surface area contributed by atoms with Crippen molar-refractivity contribution in [2.45, 2.75) is 25.6 Å². The summed E-state index contributed by atoms with van der Waals surface area (Å²) in [4.78, 5) is 0. The van der Waals surface area contributed by atoms with E-state index in [0.29, 0.717) is 22.3 Å². The van der Waals surface area contributed by atoms with Crippen molar-refractivity contribution < 1.29 is 14.2 Å². The van der Waals surface area contributed by atoms with Gasteiger partial charge in [0.1, 0.15) is 0 Å². The van der Waals surface area contributed by atoms with E-state index in [1.54, 1.807) is 12.1 Å². The van der Waals surface area contributed by atoms with Crippen LogP contribution in [0.4, 0.5) is 10.1 Å². The van der Waals surface area contributed by atoms with Crippen molar-refractivity contribution in [3.05, 3.63) is 28.0 Å². The number of ether oxygens (including phenoxy) is 1. The Kier molecular flexibility index (Phi) is 4.36. The molecular formula is C12H15BrFNO2. The van der Waals surface area contributed by atoms with Gasteiger partial charge in [-0.25, -0.2) is 4.39 Å². The quantitative estimate of drug-likeness (QED) is 0.898. The molecule has 1 heterocycles. The number of aliphatic hydroxyl groups is 1. The van der Waals surface area contributed by atoms with E-state index < -0.39 is 0 Å². The van der Waals surface area contributed by atoms with Gasteiger partial charge in [-0.1, -0.05) is 0 Å². The average molecular weight is 304 g/mol. The SMILES string of the molecule is OCc1cc(Br)c(F)c(NC[C@@H]2CCCO2)c1. The number of rotatable bonds is 4. The smallest absolute Gasteiger partial charge is 0.160 e. The summed E-state index contributed by atoms with van der Waals surface area (Å²) in [7, 11) is 0. The van der Waals surface area contributed by atoms with E-state index in [1.807, 2.05) is 0 Å². The van der Waals surface area contributed by atoms with Gasteiger partial charge >= 0.3 is 0 Å². The molecule has 0 amide bonds. The minimum atomic E-state index is -0.333. The second-order valence-electron chi connectivity index (χ2n) is 4.11. The fourth-order valence-electron chi connectivity index (χ4n) is 1.89. The molecule has 94 valence electrons. The van der Waals surface area contributed by atoms with Gasteiger partial charge < -0.3 is 15.2 Å². The van der Waals surface area contributed by atoms with Crippen LogP contribution in [-0.2, 0) is 11.3 Å². The van der Waals surface area contributed by atoms with Crippen molar-refractivity contribution >= 4 is 21.6 Å². The van der Waals surface area contributed by atoms with E-state index in [0.717, 1.165) is 19.4 Å². The Labute approximate surface area is 108 Å². The third kappa shape index (κ3) is 3.18. The Morgan fingerprint density at radius 1 is 1.53 bits per heavy atom. The molecule has 2 rings (SSSR count). The standard InChI is InChI=1S/C12H15BrFNO2/c13-10-4-8(7-16)5-11(12(10)14)15-6-9-2-1-3-17-9/h4-5,9,15-16H,1-3,6-7H2/t9-/m0/s1. The molecular weight excluding hydrogens is 289 g/mol. The van der Waals surface area contributed by atoms with Crippen LogP contribution in [0.3, 0.4) is 0 Å². The molecule has 1 aliphatic rings. The predicted molar refractivity (Wildman–Crippen MR) is 67.5 cm³/mol. The van der Waals surface area contributed by atoms with Crippen LogP contribution in [0.1, 0.15) is 18.4 Å². The number of nitrogens with one attached hydrogen (secondary N) is 1. The highest BCUT2D eigenvalue weighted by molar-refractivity contribution is 9.10. The average Bonchev–Trinajstić information content (AvgIpc) is 2.84. The van der Waals surface area contributed by atoms with E-state index in [1.165, 1.54) is 0 Å². The molecule has 1 aromatic carbocycles. The minimum absolute atomic E-state index is 0.104. The number of hydrogen-bond donors (Lipinski definition) is 2. The van der Waals surface area contributed by atoms with E-state index in [4.69, 9.17) is 9.84 Å². The fourth-order valence-corrected chi connectivity index (χ4v) is 2.40. The molecule has 1 aromatic rings. The zero-order chi connectivity index (χ0) is 12.3. The highest BCUT2D eigenvalue weighted by atomic mass is 79.9. The van der Waals surface area contributed by atoms with Crippen LogP contribution in [0.25, 0.3) is 0 Å². The summed E-state index contributed by atoms with van der Waals surface area (Å²) in [5, 5.41) is 12.1. The maximum Gasteiger partial charge on any atom is 0.160 e. The molecule has 1 fully saturated rings. The zero-order valence-corrected chi connectivity index (χ0v) is 11.0. The lowest BCUT2D eigenvalue weighted by atomic mass is 10.2. The summed E-state index contributed by atoms with van der Waals surface area (Å²) in [6.07, 6.45) is 2.23. The third-order valence-corrected chi connectivity index (χ3v) is 3.39. The summed E-state index contributed by atoms with van der Waals surface area (Å²) in [6, 6.07) is 3.20. The first-order valence-electron chi connectivity index (χ1n) is 5.65. The Morgan fingerprint density at radius 2 is 2.35 bits per heavy atom. The molecule has 1 aliphatic heterocycles. The van der Waals surface area contributed by atoms with Crippen LogP contribution in [0.2, 0.25) is 0 Å². The summed E-state index contributed by atoms with van der Waals surface area (Å²) >= 11 is 3.13. The Balaban J connectivity index is 2.05. The second-order valence-corrected chi connectivity index (χ2v) is 4.97. The number of halogens is 2. The molecule has 0 bridgehead atoms. The van der Waals surface area contributed by atoms with Crippen LogP contribution in [0.5, 0.6) is 0 Å². The molecule has 2 N–H and O–H groups in total. The molecule has 0 aliphatic carbocycles. The molecule has 3 nitrogen and oxygen atoms in total. The van der Waals surface area contributed by atoms with Gasteiger partial charge in [-0.3, -0.25) is 0 Å². The third-order valence-electron chi connectivity index (χ3n) is 2.81. The van der Waals surface area contributed by atoms with Crippen LogP contribution < -0.4 is 5.32 Å². The van der Waals surface area contributed by atoms with Gasteiger partial charge in [-0.2, -0.15) is 0 Å². The lowest BCUT2D eigenvalue weighted by Crippen LogP contribution is -2.19. The maximum atomic E-state index is 13.8. The van der Waals surface area contributed by atoms with Gasteiger partial charge in [0.25, 0.3) is 0 Å². The molecule has 17 heavy (non-hydrogen) atoms. The van der Waals surface area contributed by atoms with Gasteiger partial charge in [-0.05, 0) is 46.5 Å². The maximum absolute atomic E-state index is 13.8.